The molecule has 0 saturated carbocycles. The molecule has 0 amide bonds. The first kappa shape index (κ1) is 16.1. The molecular weight excluding hydrogens is 283 g/mol. The molecule has 0 radical (unpaired) electrons. The summed E-state index contributed by atoms with van der Waals surface area (Å²) in [7, 11) is 1.56. The number of halogens is 3. The van der Waals surface area contributed by atoms with Gasteiger partial charge in [0.1, 0.15) is 5.75 Å². The van der Waals surface area contributed by atoms with Gasteiger partial charge < -0.3 is 9.84 Å². The highest BCUT2D eigenvalue weighted by molar-refractivity contribution is 5.39. The number of benzene rings is 1. The number of fused-ring (bicyclic) bond motifs is 1. The fraction of sp³-hybridized carbons (Fsp3) is 0.600. The molecule has 1 N–H and O–H groups in total. The van der Waals surface area contributed by atoms with Gasteiger partial charge in [-0.25, -0.2) is 0 Å². The van der Waals surface area contributed by atoms with E-state index in [1.165, 1.54) is 4.90 Å². The molecule has 0 aromatic heterocycles. The molecule has 118 valence electrons. The number of ether oxygens (including phenoxy) is 1. The van der Waals surface area contributed by atoms with Crippen LogP contribution in [0.3, 0.4) is 0 Å². The monoisotopic (exact) mass is 303 g/mol. The minimum absolute atomic E-state index is 0.257. The standard InChI is InChI=1S/C15H20F3NO2/c1-3-19(9-15(16,17)18)13-7-4-10-8-11(21-2)5-6-12(10)14(13)20/h5-6,8,13-14,20H,3-4,7,9H2,1-2H3. The Bertz CT molecular complexity index is 490. The number of aryl methyl sites for hydroxylation is 1. The second-order valence-corrected chi connectivity index (χ2v) is 5.29. The minimum Gasteiger partial charge on any atom is -0.497 e. The molecule has 0 saturated heterocycles. The highest BCUT2D eigenvalue weighted by Gasteiger charge is 2.38. The molecule has 1 aliphatic rings. The van der Waals surface area contributed by atoms with Crippen molar-refractivity contribution < 1.29 is 23.0 Å². The number of hydrogen-bond donors (Lipinski definition) is 1. The van der Waals surface area contributed by atoms with Crippen molar-refractivity contribution in [1.82, 2.24) is 4.90 Å². The molecule has 2 unspecified atom stereocenters. The van der Waals surface area contributed by atoms with Crippen molar-refractivity contribution in [2.75, 3.05) is 20.2 Å². The second kappa shape index (κ2) is 6.23. The van der Waals surface area contributed by atoms with E-state index in [4.69, 9.17) is 4.74 Å². The van der Waals surface area contributed by atoms with Crippen LogP contribution in [-0.4, -0.2) is 42.4 Å². The molecule has 6 heteroatoms. The predicted octanol–water partition coefficient (Wildman–Crippen LogP) is 2.93. The summed E-state index contributed by atoms with van der Waals surface area (Å²) in [6.07, 6.45) is -4.01. The highest BCUT2D eigenvalue weighted by Crippen LogP contribution is 2.35. The van der Waals surface area contributed by atoms with Crippen molar-refractivity contribution in [3.05, 3.63) is 29.3 Å². The first-order valence-corrected chi connectivity index (χ1v) is 7.01. The van der Waals surface area contributed by atoms with Gasteiger partial charge in [0, 0.05) is 6.04 Å². The van der Waals surface area contributed by atoms with Gasteiger partial charge in [-0.15, -0.1) is 0 Å². The number of rotatable bonds is 4. The highest BCUT2D eigenvalue weighted by atomic mass is 19.4. The zero-order valence-electron chi connectivity index (χ0n) is 12.2. The maximum Gasteiger partial charge on any atom is 0.401 e. The van der Waals surface area contributed by atoms with E-state index in [-0.39, 0.29) is 6.54 Å². The van der Waals surface area contributed by atoms with Crippen molar-refractivity contribution in [2.24, 2.45) is 0 Å². The minimum atomic E-state index is -4.25. The van der Waals surface area contributed by atoms with Gasteiger partial charge in [0.2, 0.25) is 0 Å². The van der Waals surface area contributed by atoms with Crippen LogP contribution in [0.25, 0.3) is 0 Å². The van der Waals surface area contributed by atoms with Gasteiger partial charge in [-0.2, -0.15) is 13.2 Å². The van der Waals surface area contributed by atoms with Crippen LogP contribution in [0.15, 0.2) is 18.2 Å². The maximum absolute atomic E-state index is 12.6. The Balaban J connectivity index is 2.21. The Labute approximate surface area is 122 Å². The average molecular weight is 303 g/mol. The lowest BCUT2D eigenvalue weighted by Gasteiger charge is -2.38. The molecule has 0 bridgehead atoms. The topological polar surface area (TPSA) is 32.7 Å². The Kier molecular flexibility index (Phi) is 4.78. The van der Waals surface area contributed by atoms with Crippen LogP contribution >= 0.6 is 0 Å². The van der Waals surface area contributed by atoms with E-state index in [0.717, 1.165) is 5.56 Å². The van der Waals surface area contributed by atoms with Gasteiger partial charge in [-0.1, -0.05) is 13.0 Å². The van der Waals surface area contributed by atoms with E-state index in [0.29, 0.717) is 24.2 Å². The Morgan fingerprint density at radius 2 is 2.10 bits per heavy atom. The summed E-state index contributed by atoms with van der Waals surface area (Å²) < 4.78 is 43.0. The molecule has 1 aromatic carbocycles. The van der Waals surface area contributed by atoms with Crippen LogP contribution in [-0.2, 0) is 6.42 Å². The van der Waals surface area contributed by atoms with E-state index < -0.39 is 24.9 Å². The van der Waals surface area contributed by atoms with E-state index in [9.17, 15) is 18.3 Å². The number of hydrogen-bond acceptors (Lipinski definition) is 3. The van der Waals surface area contributed by atoms with Crippen molar-refractivity contribution >= 4 is 0 Å². The molecule has 0 aliphatic heterocycles. The van der Waals surface area contributed by atoms with E-state index in [1.807, 2.05) is 6.07 Å². The number of methoxy groups -OCH3 is 1. The lowest BCUT2D eigenvalue weighted by atomic mass is 9.85. The van der Waals surface area contributed by atoms with Gasteiger partial charge in [-0.3, -0.25) is 4.90 Å². The zero-order valence-corrected chi connectivity index (χ0v) is 12.2. The SMILES string of the molecule is CCN(CC(F)(F)F)C1CCc2cc(OC)ccc2C1O. The lowest BCUT2D eigenvalue weighted by Crippen LogP contribution is -2.46. The van der Waals surface area contributed by atoms with Gasteiger partial charge in [0.05, 0.1) is 19.8 Å². The van der Waals surface area contributed by atoms with Crippen LogP contribution in [0.2, 0.25) is 0 Å². The van der Waals surface area contributed by atoms with Gasteiger partial charge in [-0.05, 0) is 42.6 Å². The molecule has 21 heavy (non-hydrogen) atoms. The van der Waals surface area contributed by atoms with Gasteiger partial charge in [0.15, 0.2) is 0 Å². The average Bonchev–Trinajstić information content (AvgIpc) is 2.44. The predicted molar refractivity (Wildman–Crippen MR) is 73.4 cm³/mol. The molecule has 2 atom stereocenters. The normalized spacial score (nSPS) is 22.2. The molecule has 0 spiro atoms. The number of aliphatic hydroxyl groups is 1. The number of alkyl halides is 3. The van der Waals surface area contributed by atoms with Crippen LogP contribution in [0.5, 0.6) is 5.75 Å². The molecule has 1 aromatic rings. The van der Waals surface area contributed by atoms with E-state index in [1.54, 1.807) is 26.2 Å². The first-order valence-electron chi connectivity index (χ1n) is 7.01. The summed E-state index contributed by atoms with van der Waals surface area (Å²) in [5.41, 5.74) is 1.65. The third-order valence-electron chi connectivity index (χ3n) is 4.00. The fourth-order valence-electron chi connectivity index (χ4n) is 2.96. The van der Waals surface area contributed by atoms with Crippen LogP contribution in [0.1, 0.15) is 30.6 Å². The summed E-state index contributed by atoms with van der Waals surface area (Å²) in [4.78, 5) is 1.30. The van der Waals surface area contributed by atoms with Crippen LogP contribution in [0.4, 0.5) is 13.2 Å². The fourth-order valence-corrected chi connectivity index (χ4v) is 2.96. The number of likely N-dealkylation sites (N-methyl/N-ethyl adjacent to an activating group) is 1. The molecule has 1 aliphatic carbocycles. The molecular formula is C15H20F3NO2. The summed E-state index contributed by atoms with van der Waals surface area (Å²) in [6.45, 7) is 0.950. The van der Waals surface area contributed by atoms with Crippen LogP contribution in [0, 0.1) is 0 Å². The maximum atomic E-state index is 12.6. The number of nitrogens with zero attached hydrogens (tertiary/aromatic N) is 1. The molecule has 2 rings (SSSR count). The van der Waals surface area contributed by atoms with Gasteiger partial charge >= 0.3 is 6.18 Å². The van der Waals surface area contributed by atoms with E-state index in [2.05, 4.69) is 0 Å². The van der Waals surface area contributed by atoms with Crippen LogP contribution < -0.4 is 4.74 Å². The Morgan fingerprint density at radius 3 is 2.67 bits per heavy atom. The molecule has 0 fully saturated rings. The van der Waals surface area contributed by atoms with Crippen molar-refractivity contribution in [2.45, 2.75) is 38.1 Å². The summed E-state index contributed by atoms with van der Waals surface area (Å²) in [5, 5.41) is 10.4. The third kappa shape index (κ3) is 3.68. The Hall–Kier alpha value is -1.27. The largest absolute Gasteiger partial charge is 0.497 e. The zero-order chi connectivity index (χ0) is 15.6. The molecule has 0 heterocycles. The summed E-state index contributed by atoms with van der Waals surface area (Å²) >= 11 is 0. The van der Waals surface area contributed by atoms with Crippen molar-refractivity contribution in [1.29, 1.82) is 0 Å². The molecule has 3 nitrogen and oxygen atoms in total. The van der Waals surface area contributed by atoms with Crippen molar-refractivity contribution in [3.8, 4) is 5.75 Å². The quantitative estimate of drug-likeness (QED) is 0.928. The van der Waals surface area contributed by atoms with Crippen molar-refractivity contribution in [3.63, 3.8) is 0 Å². The van der Waals surface area contributed by atoms with Gasteiger partial charge in [0.25, 0.3) is 0 Å². The second-order valence-electron chi connectivity index (χ2n) is 5.29. The van der Waals surface area contributed by atoms with E-state index >= 15 is 0 Å². The number of aliphatic hydroxyl groups excluding tert-OH is 1. The summed E-state index contributed by atoms with van der Waals surface area (Å²) in [6, 6.07) is 4.81. The third-order valence-corrected chi connectivity index (χ3v) is 4.00. The Morgan fingerprint density at radius 1 is 1.38 bits per heavy atom. The first-order chi connectivity index (χ1) is 9.85. The summed E-state index contributed by atoms with van der Waals surface area (Å²) in [5.74, 6) is 0.696. The lowest BCUT2D eigenvalue weighted by molar-refractivity contribution is -0.156. The smallest absolute Gasteiger partial charge is 0.401 e.